The second-order valence-corrected chi connectivity index (χ2v) is 5.59. The number of anilines is 1. The molecule has 0 aromatic heterocycles. The molecule has 2 heterocycles. The second-order valence-electron chi connectivity index (χ2n) is 5.59. The van der Waals surface area contributed by atoms with Gasteiger partial charge in [-0.25, -0.2) is 0 Å². The highest BCUT2D eigenvalue weighted by molar-refractivity contribution is 6.36. The molecule has 3 rings (SSSR count). The molecule has 1 saturated heterocycles. The maximum atomic E-state index is 12.4. The molecule has 2 amide bonds. The lowest BCUT2D eigenvalue weighted by molar-refractivity contribution is -0.118. The van der Waals surface area contributed by atoms with E-state index in [9.17, 15) is 14.9 Å². The summed E-state index contributed by atoms with van der Waals surface area (Å²) in [6.45, 7) is 1.05. The third kappa shape index (κ3) is 2.71. The predicted octanol–water partition coefficient (Wildman–Crippen LogP) is 1.24. The van der Waals surface area contributed by atoms with Crippen LogP contribution in [-0.4, -0.2) is 38.1 Å². The molecule has 1 fully saturated rings. The Labute approximate surface area is 134 Å². The molecule has 0 radical (unpaired) electrons. The fraction of sp³-hybridized carbons (Fsp3) is 0.353. The van der Waals surface area contributed by atoms with Crippen LogP contribution in [-0.2, 0) is 14.3 Å². The fourth-order valence-electron chi connectivity index (χ4n) is 2.93. The van der Waals surface area contributed by atoms with E-state index in [1.165, 1.54) is 4.90 Å². The summed E-state index contributed by atoms with van der Waals surface area (Å²) < 4.78 is 5.45. The summed E-state index contributed by atoms with van der Waals surface area (Å²) in [5.74, 6) is -0.869. The van der Waals surface area contributed by atoms with Crippen LogP contribution in [0, 0.1) is 11.3 Å². The highest BCUT2D eigenvalue weighted by Crippen LogP contribution is 2.37. The molecule has 2 aliphatic rings. The normalized spacial score (nSPS) is 21.8. The maximum absolute atomic E-state index is 12.4. The Morgan fingerprint density at radius 3 is 2.96 bits per heavy atom. The van der Waals surface area contributed by atoms with Crippen molar-refractivity contribution in [2.75, 3.05) is 25.1 Å². The van der Waals surface area contributed by atoms with Crippen LogP contribution in [0.5, 0.6) is 0 Å². The van der Waals surface area contributed by atoms with Gasteiger partial charge >= 0.3 is 0 Å². The van der Waals surface area contributed by atoms with Crippen LogP contribution in [0.1, 0.15) is 18.4 Å². The predicted molar refractivity (Wildman–Crippen MR) is 84.4 cm³/mol. The van der Waals surface area contributed by atoms with Crippen molar-refractivity contribution in [2.45, 2.75) is 18.9 Å². The number of carbonyl (C=O) groups excluding carboxylic acids is 2. The number of fused-ring (bicyclic) bond motifs is 1. The first-order chi connectivity index (χ1) is 11.1. The van der Waals surface area contributed by atoms with E-state index < -0.39 is 5.91 Å². The third-order valence-electron chi connectivity index (χ3n) is 4.16. The molecule has 1 aromatic carbocycles. The Hall–Kier alpha value is -2.65. The highest BCUT2D eigenvalue weighted by Gasteiger charge is 2.34. The van der Waals surface area contributed by atoms with Gasteiger partial charge in [0.25, 0.3) is 11.8 Å². The summed E-state index contributed by atoms with van der Waals surface area (Å²) in [4.78, 5) is 26.3. The first-order valence-electron chi connectivity index (χ1n) is 7.55. The van der Waals surface area contributed by atoms with Crippen molar-refractivity contribution in [1.29, 1.82) is 5.26 Å². The molecule has 0 bridgehead atoms. The average Bonchev–Trinajstić information content (AvgIpc) is 3.17. The van der Waals surface area contributed by atoms with Crippen molar-refractivity contribution in [2.24, 2.45) is 0 Å². The molecule has 0 aliphatic carbocycles. The average molecular weight is 311 g/mol. The summed E-state index contributed by atoms with van der Waals surface area (Å²) in [5, 5.41) is 12.1. The monoisotopic (exact) mass is 311 g/mol. The van der Waals surface area contributed by atoms with Gasteiger partial charge in [0.2, 0.25) is 0 Å². The number of nitrogens with zero attached hydrogens (tertiary/aromatic N) is 2. The Kier molecular flexibility index (Phi) is 4.13. The summed E-state index contributed by atoms with van der Waals surface area (Å²) >= 11 is 0. The molecule has 1 unspecified atom stereocenters. The Bertz CT molecular complexity index is 727. The van der Waals surface area contributed by atoms with E-state index >= 15 is 0 Å². The summed E-state index contributed by atoms with van der Waals surface area (Å²) in [7, 11) is 1.63. The molecule has 118 valence electrons. The van der Waals surface area contributed by atoms with E-state index in [0.29, 0.717) is 24.4 Å². The van der Waals surface area contributed by atoms with E-state index in [4.69, 9.17) is 4.74 Å². The Morgan fingerprint density at radius 2 is 2.26 bits per heavy atom. The first-order valence-corrected chi connectivity index (χ1v) is 7.55. The largest absolute Gasteiger partial charge is 0.376 e. The molecule has 1 aromatic rings. The van der Waals surface area contributed by atoms with Gasteiger partial charge in [-0.05, 0) is 18.9 Å². The van der Waals surface area contributed by atoms with E-state index in [2.05, 4.69) is 5.32 Å². The van der Waals surface area contributed by atoms with Crippen LogP contribution in [0.3, 0.4) is 0 Å². The van der Waals surface area contributed by atoms with Crippen molar-refractivity contribution in [3.8, 4) is 6.07 Å². The van der Waals surface area contributed by atoms with Crippen LogP contribution in [0.4, 0.5) is 5.69 Å². The smallest absolute Gasteiger partial charge is 0.262 e. The van der Waals surface area contributed by atoms with Gasteiger partial charge in [0, 0.05) is 25.8 Å². The van der Waals surface area contributed by atoms with Gasteiger partial charge in [0.05, 0.1) is 17.4 Å². The zero-order valence-electron chi connectivity index (χ0n) is 12.8. The van der Waals surface area contributed by atoms with Crippen LogP contribution in [0.25, 0.3) is 5.57 Å². The summed E-state index contributed by atoms with van der Waals surface area (Å²) in [6, 6.07) is 9.03. The van der Waals surface area contributed by atoms with Crippen LogP contribution in [0.15, 0.2) is 29.8 Å². The van der Waals surface area contributed by atoms with Gasteiger partial charge < -0.3 is 15.0 Å². The molecule has 1 atom stereocenters. The van der Waals surface area contributed by atoms with E-state index in [-0.39, 0.29) is 23.2 Å². The zero-order chi connectivity index (χ0) is 16.4. The number of hydrogen-bond acceptors (Lipinski definition) is 4. The third-order valence-corrected chi connectivity index (χ3v) is 4.16. The zero-order valence-corrected chi connectivity index (χ0v) is 12.8. The number of nitrogens with one attached hydrogen (secondary N) is 1. The number of carbonyl (C=O) groups is 2. The SMILES string of the molecule is CN1C(=O)C(=C(C#N)C(=O)NCC2CCCO2)c2ccccc21. The van der Waals surface area contributed by atoms with Crippen molar-refractivity contribution < 1.29 is 14.3 Å². The minimum atomic E-state index is -0.531. The molecule has 0 spiro atoms. The first kappa shape index (κ1) is 15.3. The molecule has 23 heavy (non-hydrogen) atoms. The van der Waals surface area contributed by atoms with Gasteiger partial charge in [0.15, 0.2) is 0 Å². The maximum Gasteiger partial charge on any atom is 0.262 e. The van der Waals surface area contributed by atoms with E-state index in [1.54, 1.807) is 25.2 Å². The lowest BCUT2D eigenvalue weighted by atomic mass is 10.0. The van der Waals surface area contributed by atoms with E-state index in [0.717, 1.165) is 12.8 Å². The van der Waals surface area contributed by atoms with Gasteiger partial charge in [-0.3, -0.25) is 9.59 Å². The molecular weight excluding hydrogens is 294 g/mol. The lowest BCUT2D eigenvalue weighted by Crippen LogP contribution is -2.33. The highest BCUT2D eigenvalue weighted by atomic mass is 16.5. The van der Waals surface area contributed by atoms with Crippen molar-refractivity contribution in [3.63, 3.8) is 0 Å². The summed E-state index contributed by atoms with van der Waals surface area (Å²) in [6.07, 6.45) is 1.85. The van der Waals surface area contributed by atoms with Crippen LogP contribution >= 0.6 is 0 Å². The Balaban J connectivity index is 1.89. The number of rotatable bonds is 3. The quantitative estimate of drug-likeness (QED) is 0.672. The van der Waals surface area contributed by atoms with E-state index in [1.807, 2.05) is 12.1 Å². The Morgan fingerprint density at radius 1 is 1.48 bits per heavy atom. The number of likely N-dealkylation sites (N-methyl/N-ethyl adjacent to an activating group) is 1. The number of nitriles is 1. The number of hydrogen-bond donors (Lipinski definition) is 1. The second kappa shape index (κ2) is 6.23. The van der Waals surface area contributed by atoms with Crippen LogP contribution in [0.2, 0.25) is 0 Å². The minimum Gasteiger partial charge on any atom is -0.376 e. The molecule has 2 aliphatic heterocycles. The molecule has 0 saturated carbocycles. The van der Waals surface area contributed by atoms with Gasteiger partial charge in [0.1, 0.15) is 11.6 Å². The van der Waals surface area contributed by atoms with Gasteiger partial charge in [-0.1, -0.05) is 18.2 Å². The fourth-order valence-corrected chi connectivity index (χ4v) is 2.93. The van der Waals surface area contributed by atoms with Crippen molar-refractivity contribution in [3.05, 3.63) is 35.4 Å². The molecule has 6 nitrogen and oxygen atoms in total. The summed E-state index contributed by atoms with van der Waals surface area (Å²) in [5.41, 5.74) is 1.33. The topological polar surface area (TPSA) is 82.4 Å². The van der Waals surface area contributed by atoms with Crippen molar-refractivity contribution >= 4 is 23.1 Å². The van der Waals surface area contributed by atoms with Crippen molar-refractivity contribution in [1.82, 2.24) is 5.32 Å². The minimum absolute atomic E-state index is 0.0156. The molecule has 1 N–H and O–H groups in total. The molecular formula is C17H17N3O3. The van der Waals surface area contributed by atoms with Gasteiger partial charge in [-0.15, -0.1) is 0 Å². The lowest BCUT2D eigenvalue weighted by Gasteiger charge is -2.11. The van der Waals surface area contributed by atoms with Gasteiger partial charge in [-0.2, -0.15) is 5.26 Å². The number of amides is 2. The number of ether oxygens (including phenoxy) is 1. The number of para-hydroxylation sites is 1. The van der Waals surface area contributed by atoms with Crippen LogP contribution < -0.4 is 10.2 Å². The molecule has 6 heteroatoms. The number of benzene rings is 1. The standard InChI is InChI=1S/C17H17N3O3/c1-20-14-7-3-2-6-12(14)15(17(20)22)13(9-18)16(21)19-10-11-5-4-8-23-11/h2-3,6-7,11H,4-5,8,10H2,1H3,(H,19,21).